The Morgan fingerprint density at radius 3 is 2.43 bits per heavy atom. The van der Waals surface area contributed by atoms with E-state index in [1.54, 1.807) is 13.8 Å². The maximum absolute atomic E-state index is 13.4. The van der Waals surface area contributed by atoms with Crippen molar-refractivity contribution in [3.63, 3.8) is 0 Å². The largest absolute Gasteiger partial charge is 0.416 e. The summed E-state index contributed by atoms with van der Waals surface area (Å²) in [7, 11) is 0. The Hall–Kier alpha value is -2.46. The van der Waals surface area contributed by atoms with Gasteiger partial charge in [0.2, 0.25) is 0 Å². The molecule has 1 aliphatic heterocycles. The Morgan fingerprint density at radius 1 is 1.05 bits per heavy atom. The van der Waals surface area contributed by atoms with Gasteiger partial charge in [-0.2, -0.15) is 13.2 Å². The molecule has 0 unspecified atom stereocenters. The average Bonchev–Trinajstić information content (AvgIpc) is 3.15. The molecular formula is C28H34F3NO5. The fraction of sp³-hybridized carbons (Fsp3) is 0.536. The third-order valence-electron chi connectivity index (χ3n) is 6.74. The topological polar surface area (TPSA) is 66.0 Å². The van der Waals surface area contributed by atoms with Gasteiger partial charge >= 0.3 is 6.18 Å². The predicted molar refractivity (Wildman–Crippen MR) is 130 cm³/mol. The minimum absolute atomic E-state index is 0.0547. The van der Waals surface area contributed by atoms with Crippen molar-refractivity contribution < 1.29 is 36.9 Å². The van der Waals surface area contributed by atoms with Crippen LogP contribution in [-0.2, 0) is 43.1 Å². The van der Waals surface area contributed by atoms with Gasteiger partial charge in [0.05, 0.1) is 31.0 Å². The number of fused-ring (bicyclic) bond motifs is 1. The Bertz CT molecular complexity index is 1090. The van der Waals surface area contributed by atoms with Crippen LogP contribution < -0.4 is 5.32 Å². The third kappa shape index (κ3) is 6.52. The summed E-state index contributed by atoms with van der Waals surface area (Å²) >= 11 is 0. The number of alkyl halides is 3. The van der Waals surface area contributed by atoms with Crippen molar-refractivity contribution in [2.75, 3.05) is 6.54 Å². The molecule has 9 heteroatoms. The summed E-state index contributed by atoms with van der Waals surface area (Å²) in [5.74, 6) is -1.13. The number of carbonyl (C=O) groups excluding carboxylic acids is 1. The van der Waals surface area contributed by atoms with Crippen molar-refractivity contribution in [3.8, 4) is 0 Å². The van der Waals surface area contributed by atoms with E-state index in [2.05, 4.69) is 5.32 Å². The first kappa shape index (κ1) is 27.6. The number of aryl methyl sites for hydroxylation is 1. The number of benzene rings is 2. The number of carbonyl (C=O) groups is 1. The highest BCUT2D eigenvalue weighted by Crippen LogP contribution is 2.44. The summed E-state index contributed by atoms with van der Waals surface area (Å²) in [4.78, 5) is 13.4. The lowest BCUT2D eigenvalue weighted by Crippen LogP contribution is -2.60. The quantitative estimate of drug-likeness (QED) is 0.511. The van der Waals surface area contributed by atoms with Crippen molar-refractivity contribution in [2.45, 2.75) is 89.6 Å². The number of hydrogen-bond acceptors (Lipinski definition) is 5. The van der Waals surface area contributed by atoms with Gasteiger partial charge in [0, 0.05) is 19.4 Å². The van der Waals surface area contributed by atoms with Crippen molar-refractivity contribution >= 4 is 5.91 Å². The van der Waals surface area contributed by atoms with Crippen LogP contribution in [0.25, 0.3) is 0 Å². The standard InChI is InChI=1S/C28H34F3NO5/c1-5-32-25(33)27(35-17-20-8-6-7-18(2)13-20)14-22(24-23(15-27)36-26(3,4)37-24)34-16-19-9-11-21(12-10-19)28(29,30)31/h6-13,22-24H,5,14-17H2,1-4H3,(H,32,33)/t22-,23-,24+,27-/m1/s1. The van der Waals surface area contributed by atoms with Crippen LogP contribution >= 0.6 is 0 Å². The van der Waals surface area contributed by atoms with E-state index in [1.807, 2.05) is 38.1 Å². The summed E-state index contributed by atoms with van der Waals surface area (Å²) in [6, 6.07) is 12.7. The molecule has 1 amide bonds. The van der Waals surface area contributed by atoms with E-state index in [-0.39, 0.29) is 25.5 Å². The van der Waals surface area contributed by atoms with Gasteiger partial charge < -0.3 is 24.3 Å². The van der Waals surface area contributed by atoms with Gasteiger partial charge in [-0.05, 0) is 51.0 Å². The van der Waals surface area contributed by atoms with Crippen molar-refractivity contribution in [2.24, 2.45) is 0 Å². The molecule has 6 nitrogen and oxygen atoms in total. The Labute approximate surface area is 215 Å². The molecule has 202 valence electrons. The monoisotopic (exact) mass is 521 g/mol. The van der Waals surface area contributed by atoms with Crippen LogP contribution in [0.4, 0.5) is 13.2 Å². The van der Waals surface area contributed by atoms with E-state index in [4.69, 9.17) is 18.9 Å². The van der Waals surface area contributed by atoms with E-state index >= 15 is 0 Å². The zero-order valence-electron chi connectivity index (χ0n) is 21.6. The van der Waals surface area contributed by atoms with Crippen molar-refractivity contribution in [1.29, 1.82) is 0 Å². The van der Waals surface area contributed by atoms with E-state index in [1.165, 1.54) is 12.1 Å². The molecule has 0 radical (unpaired) electrons. The van der Waals surface area contributed by atoms with Gasteiger partial charge in [-0.25, -0.2) is 0 Å². The number of halogens is 3. The van der Waals surface area contributed by atoms with E-state index in [0.717, 1.165) is 23.3 Å². The minimum Gasteiger partial charge on any atom is -0.371 e. The molecule has 4 rings (SSSR count). The molecule has 1 saturated carbocycles. The van der Waals surface area contributed by atoms with E-state index in [9.17, 15) is 18.0 Å². The zero-order chi connectivity index (χ0) is 26.8. The summed E-state index contributed by atoms with van der Waals surface area (Å²) in [6.07, 6.45) is -5.39. The van der Waals surface area contributed by atoms with Crippen molar-refractivity contribution in [1.82, 2.24) is 5.32 Å². The van der Waals surface area contributed by atoms with Gasteiger partial charge in [0.1, 0.15) is 6.10 Å². The molecule has 0 bridgehead atoms. The van der Waals surface area contributed by atoms with Gasteiger partial charge in [0.25, 0.3) is 5.91 Å². The zero-order valence-corrected chi connectivity index (χ0v) is 21.6. The molecule has 37 heavy (non-hydrogen) atoms. The number of likely N-dealkylation sites (N-methyl/N-ethyl adjacent to an activating group) is 1. The van der Waals surface area contributed by atoms with E-state index < -0.39 is 41.4 Å². The maximum atomic E-state index is 13.4. The van der Waals surface area contributed by atoms with Gasteiger partial charge in [-0.1, -0.05) is 42.0 Å². The fourth-order valence-electron chi connectivity index (χ4n) is 5.05. The molecule has 0 aromatic heterocycles. The van der Waals surface area contributed by atoms with Crippen LogP contribution in [0.1, 0.15) is 55.9 Å². The minimum atomic E-state index is -4.41. The molecule has 0 spiro atoms. The molecule has 1 N–H and O–H groups in total. The van der Waals surface area contributed by atoms with Gasteiger partial charge in [-0.15, -0.1) is 0 Å². The number of nitrogens with one attached hydrogen (secondary N) is 1. The predicted octanol–water partition coefficient (Wildman–Crippen LogP) is 5.30. The van der Waals surface area contributed by atoms with Crippen LogP contribution in [0, 0.1) is 6.92 Å². The Balaban J connectivity index is 1.57. The summed E-state index contributed by atoms with van der Waals surface area (Å²) in [6.45, 7) is 8.16. The first-order chi connectivity index (χ1) is 17.4. The SMILES string of the molecule is CCNC(=O)[C@@]1(OCc2cccc(C)c2)C[C@@H](OCc2ccc(C(F)(F)F)cc2)[C@@H]2OC(C)(C)O[C@@H]2C1. The molecule has 2 aromatic rings. The second kappa shape index (κ2) is 10.7. The molecule has 1 aliphatic carbocycles. The average molecular weight is 522 g/mol. The molecule has 4 atom stereocenters. The Kier molecular flexibility index (Phi) is 7.99. The summed E-state index contributed by atoms with van der Waals surface area (Å²) < 4.78 is 63.7. The van der Waals surface area contributed by atoms with Crippen LogP contribution in [0.2, 0.25) is 0 Å². The molecule has 2 aliphatic rings. The maximum Gasteiger partial charge on any atom is 0.416 e. The smallest absolute Gasteiger partial charge is 0.371 e. The Morgan fingerprint density at radius 2 is 1.78 bits per heavy atom. The van der Waals surface area contributed by atoms with Gasteiger partial charge in [-0.3, -0.25) is 4.79 Å². The second-order valence-corrected chi connectivity index (χ2v) is 10.2. The number of rotatable bonds is 8. The van der Waals surface area contributed by atoms with Crippen LogP contribution in [-0.4, -0.2) is 42.2 Å². The van der Waals surface area contributed by atoms with Crippen LogP contribution in [0.15, 0.2) is 48.5 Å². The number of hydrogen-bond donors (Lipinski definition) is 1. The summed E-state index contributed by atoms with van der Waals surface area (Å²) in [5.41, 5.74) is 0.664. The van der Waals surface area contributed by atoms with Crippen LogP contribution in [0.3, 0.4) is 0 Å². The third-order valence-corrected chi connectivity index (χ3v) is 6.74. The van der Waals surface area contributed by atoms with E-state index in [0.29, 0.717) is 18.5 Å². The highest BCUT2D eigenvalue weighted by Gasteiger charge is 2.58. The molecule has 1 saturated heterocycles. The number of ether oxygens (including phenoxy) is 4. The normalized spacial score (nSPS) is 27.1. The lowest BCUT2D eigenvalue weighted by Gasteiger charge is -2.43. The first-order valence-corrected chi connectivity index (χ1v) is 12.5. The lowest BCUT2D eigenvalue weighted by molar-refractivity contribution is -0.183. The summed E-state index contributed by atoms with van der Waals surface area (Å²) in [5, 5.41) is 2.90. The fourth-order valence-corrected chi connectivity index (χ4v) is 5.05. The first-order valence-electron chi connectivity index (χ1n) is 12.5. The van der Waals surface area contributed by atoms with Crippen LogP contribution in [0.5, 0.6) is 0 Å². The highest BCUT2D eigenvalue weighted by molar-refractivity contribution is 5.85. The second-order valence-electron chi connectivity index (χ2n) is 10.2. The number of amides is 1. The molecular weight excluding hydrogens is 487 g/mol. The molecule has 2 fully saturated rings. The molecule has 2 aromatic carbocycles. The van der Waals surface area contributed by atoms with Gasteiger partial charge in [0.15, 0.2) is 11.4 Å². The highest BCUT2D eigenvalue weighted by atomic mass is 19.4. The lowest BCUT2D eigenvalue weighted by atomic mass is 9.78. The molecule has 1 heterocycles. The van der Waals surface area contributed by atoms with Crippen molar-refractivity contribution in [3.05, 3.63) is 70.8 Å².